The third kappa shape index (κ3) is 3.18. The van der Waals surface area contributed by atoms with Gasteiger partial charge in [0.05, 0.1) is 6.61 Å². The summed E-state index contributed by atoms with van der Waals surface area (Å²) in [4.78, 5) is 15.6. The van der Waals surface area contributed by atoms with Crippen LogP contribution in [0.3, 0.4) is 0 Å². The molecular formula is C13H19N3O6. The molecule has 0 saturated carbocycles. The number of aliphatic hydroxyl groups excluding tert-OH is 4. The Balaban J connectivity index is 2.35. The molecule has 0 bridgehead atoms. The molecule has 122 valence electrons. The number of hydrogen-bond acceptors (Lipinski definition) is 8. The first-order valence-electron chi connectivity index (χ1n) is 6.78. The topological polar surface area (TPSA) is 151 Å². The number of anilines is 1. The Morgan fingerprint density at radius 1 is 1.36 bits per heavy atom. The highest BCUT2D eigenvalue weighted by atomic mass is 16.6. The Hall–Kier alpha value is -1.78. The normalized spacial score (nSPS) is 28.5. The molecule has 1 aromatic rings. The molecule has 0 aromatic carbocycles. The third-order valence-corrected chi connectivity index (χ3v) is 3.40. The number of nitrogen functional groups attached to an aromatic ring is 1. The second-order valence-electron chi connectivity index (χ2n) is 4.91. The average Bonchev–Trinajstić information content (AvgIpc) is 2.77. The van der Waals surface area contributed by atoms with Crippen LogP contribution in [-0.4, -0.2) is 61.5 Å². The molecule has 0 amide bonds. The molecule has 4 atom stereocenters. The van der Waals surface area contributed by atoms with Crippen molar-refractivity contribution in [3.8, 4) is 0 Å². The lowest BCUT2D eigenvalue weighted by atomic mass is 10.1. The van der Waals surface area contributed by atoms with Gasteiger partial charge < -0.3 is 30.9 Å². The summed E-state index contributed by atoms with van der Waals surface area (Å²) in [7, 11) is 0. The van der Waals surface area contributed by atoms with Crippen LogP contribution in [0.5, 0.6) is 0 Å². The molecular weight excluding hydrogens is 294 g/mol. The Labute approximate surface area is 125 Å². The first kappa shape index (κ1) is 16.6. The van der Waals surface area contributed by atoms with Crippen LogP contribution < -0.4 is 11.4 Å². The zero-order valence-electron chi connectivity index (χ0n) is 11.7. The predicted molar refractivity (Wildman–Crippen MR) is 76.7 cm³/mol. The molecule has 0 spiro atoms. The van der Waals surface area contributed by atoms with Crippen LogP contribution in [0.15, 0.2) is 17.1 Å². The van der Waals surface area contributed by atoms with Gasteiger partial charge >= 0.3 is 5.69 Å². The quantitative estimate of drug-likeness (QED) is 0.412. The van der Waals surface area contributed by atoms with Crippen molar-refractivity contribution in [2.45, 2.75) is 31.0 Å². The molecule has 1 aliphatic rings. The van der Waals surface area contributed by atoms with Crippen molar-refractivity contribution in [2.24, 2.45) is 0 Å². The monoisotopic (exact) mass is 313 g/mol. The average molecular weight is 313 g/mol. The van der Waals surface area contributed by atoms with Gasteiger partial charge in [-0.25, -0.2) is 4.79 Å². The molecule has 1 fully saturated rings. The lowest BCUT2D eigenvalue weighted by molar-refractivity contribution is -0.0549. The number of nitrogens with two attached hydrogens (primary N) is 1. The van der Waals surface area contributed by atoms with Crippen LogP contribution in [0.2, 0.25) is 0 Å². The van der Waals surface area contributed by atoms with Gasteiger partial charge in [-0.3, -0.25) is 4.57 Å². The third-order valence-electron chi connectivity index (χ3n) is 3.40. The van der Waals surface area contributed by atoms with E-state index in [1.807, 2.05) is 0 Å². The lowest BCUT2D eigenvalue weighted by Gasteiger charge is -2.18. The second-order valence-corrected chi connectivity index (χ2v) is 4.91. The Morgan fingerprint density at radius 2 is 2.09 bits per heavy atom. The number of rotatable bonds is 5. The molecule has 1 aliphatic heterocycles. The smallest absolute Gasteiger partial charge is 0.351 e. The van der Waals surface area contributed by atoms with E-state index in [2.05, 4.69) is 4.98 Å². The Kier molecular flexibility index (Phi) is 5.27. The van der Waals surface area contributed by atoms with Gasteiger partial charge in [-0.2, -0.15) is 4.98 Å². The number of hydrogen-bond donors (Lipinski definition) is 5. The molecule has 9 nitrogen and oxygen atoms in total. The Morgan fingerprint density at radius 3 is 2.68 bits per heavy atom. The summed E-state index contributed by atoms with van der Waals surface area (Å²) < 4.78 is 6.30. The van der Waals surface area contributed by atoms with Gasteiger partial charge in [0.1, 0.15) is 24.1 Å². The fraction of sp³-hybridized carbons (Fsp3) is 0.538. The van der Waals surface area contributed by atoms with Crippen molar-refractivity contribution in [2.75, 3.05) is 18.9 Å². The predicted octanol–water partition coefficient (Wildman–Crippen LogP) is -2.17. The van der Waals surface area contributed by atoms with E-state index >= 15 is 0 Å². The largest absolute Gasteiger partial charge is 0.396 e. The van der Waals surface area contributed by atoms with Crippen molar-refractivity contribution >= 4 is 11.9 Å². The zero-order chi connectivity index (χ0) is 16.3. The van der Waals surface area contributed by atoms with Gasteiger partial charge in [0.2, 0.25) is 0 Å². The minimum atomic E-state index is -1.38. The highest BCUT2D eigenvalue weighted by Gasteiger charge is 2.43. The molecule has 0 radical (unpaired) electrons. The second kappa shape index (κ2) is 6.99. The van der Waals surface area contributed by atoms with Gasteiger partial charge in [-0.05, 0) is 6.42 Å². The standard InChI is InChI=1S/C13H19N3O6/c14-11-7(3-1-2-4-17)5-16(13(21)15-11)12-10(20)9(19)8(6-18)22-12/h1,3,5,8-10,12,17-20H,2,4,6H2,(H2,14,15,21)/t8-,9-,10-,12-/m1/s1. The van der Waals surface area contributed by atoms with Gasteiger partial charge in [-0.15, -0.1) is 0 Å². The van der Waals surface area contributed by atoms with E-state index in [-0.39, 0.29) is 12.4 Å². The SMILES string of the molecule is Nc1nc(=O)n([C@@H]2O[C@H](CO)[C@@H](O)[C@H]2O)cc1C=CCCO. The van der Waals surface area contributed by atoms with E-state index in [0.29, 0.717) is 12.0 Å². The number of aromatic nitrogens is 2. The van der Waals surface area contributed by atoms with Crippen LogP contribution in [0.4, 0.5) is 5.82 Å². The fourth-order valence-electron chi connectivity index (χ4n) is 2.20. The number of ether oxygens (including phenoxy) is 1. The van der Waals surface area contributed by atoms with E-state index in [4.69, 9.17) is 20.7 Å². The minimum absolute atomic E-state index is 0.00202. The summed E-state index contributed by atoms with van der Waals surface area (Å²) in [6.45, 7) is -0.520. The molecule has 2 heterocycles. The fourth-order valence-corrected chi connectivity index (χ4v) is 2.20. The molecule has 1 saturated heterocycles. The van der Waals surface area contributed by atoms with Crippen molar-refractivity contribution in [3.63, 3.8) is 0 Å². The maximum atomic E-state index is 11.9. The number of aliphatic hydroxyl groups is 4. The van der Waals surface area contributed by atoms with Crippen LogP contribution in [0, 0.1) is 0 Å². The highest BCUT2D eigenvalue weighted by molar-refractivity contribution is 5.59. The zero-order valence-corrected chi connectivity index (χ0v) is 11.7. The van der Waals surface area contributed by atoms with Gasteiger partial charge in [0.15, 0.2) is 6.23 Å². The molecule has 6 N–H and O–H groups in total. The van der Waals surface area contributed by atoms with E-state index in [9.17, 15) is 15.0 Å². The highest BCUT2D eigenvalue weighted by Crippen LogP contribution is 2.28. The molecule has 0 aliphatic carbocycles. The molecule has 2 rings (SSSR count). The van der Waals surface area contributed by atoms with Crippen molar-refractivity contribution in [1.82, 2.24) is 9.55 Å². The van der Waals surface area contributed by atoms with Crippen LogP contribution >= 0.6 is 0 Å². The van der Waals surface area contributed by atoms with Gasteiger partial charge in [0.25, 0.3) is 0 Å². The van der Waals surface area contributed by atoms with E-state index < -0.39 is 36.8 Å². The van der Waals surface area contributed by atoms with Crippen molar-refractivity contribution < 1.29 is 25.2 Å². The summed E-state index contributed by atoms with van der Waals surface area (Å²) in [5.41, 5.74) is 5.32. The van der Waals surface area contributed by atoms with Crippen LogP contribution in [-0.2, 0) is 4.74 Å². The van der Waals surface area contributed by atoms with Crippen LogP contribution in [0.25, 0.3) is 6.08 Å². The summed E-state index contributed by atoms with van der Waals surface area (Å²) in [6, 6.07) is 0. The number of nitrogens with zero attached hydrogens (tertiary/aromatic N) is 2. The minimum Gasteiger partial charge on any atom is -0.396 e. The van der Waals surface area contributed by atoms with Crippen LogP contribution in [0.1, 0.15) is 18.2 Å². The summed E-state index contributed by atoms with van der Waals surface area (Å²) in [5, 5.41) is 37.5. The van der Waals surface area contributed by atoms with E-state index in [1.165, 1.54) is 6.20 Å². The van der Waals surface area contributed by atoms with E-state index in [0.717, 1.165) is 4.57 Å². The first-order chi connectivity index (χ1) is 10.5. The molecule has 0 unspecified atom stereocenters. The summed E-state index contributed by atoms with van der Waals surface area (Å²) in [6.07, 6.45) is 0.138. The molecule has 1 aromatic heterocycles. The maximum absolute atomic E-state index is 11.9. The summed E-state index contributed by atoms with van der Waals surface area (Å²) in [5.74, 6) is 0.00202. The van der Waals surface area contributed by atoms with E-state index in [1.54, 1.807) is 12.2 Å². The van der Waals surface area contributed by atoms with Gasteiger partial charge in [-0.1, -0.05) is 12.2 Å². The van der Waals surface area contributed by atoms with Crippen molar-refractivity contribution in [1.29, 1.82) is 0 Å². The molecule has 9 heteroatoms. The van der Waals surface area contributed by atoms with Crippen molar-refractivity contribution in [3.05, 3.63) is 28.3 Å². The lowest BCUT2D eigenvalue weighted by Crippen LogP contribution is -2.36. The molecule has 22 heavy (non-hydrogen) atoms. The maximum Gasteiger partial charge on any atom is 0.351 e. The Bertz CT molecular complexity index is 602. The van der Waals surface area contributed by atoms with Gasteiger partial charge in [0, 0.05) is 18.4 Å². The first-order valence-corrected chi connectivity index (χ1v) is 6.78. The summed E-state index contributed by atoms with van der Waals surface area (Å²) >= 11 is 0.